The normalized spacial score (nSPS) is 19.2. The summed E-state index contributed by atoms with van der Waals surface area (Å²) in [5.41, 5.74) is 1.05. The van der Waals surface area contributed by atoms with E-state index in [1.165, 1.54) is 24.8 Å². The third kappa shape index (κ3) is 3.53. The smallest absolute Gasteiger partial charge is 0.137 e. The zero-order valence-electron chi connectivity index (χ0n) is 13.2. The molecule has 1 aromatic carbocycles. The Kier molecular flexibility index (Phi) is 5.91. The number of hydrogen-bond acceptors (Lipinski definition) is 3. The highest BCUT2D eigenvalue weighted by molar-refractivity contribution is 6.32. The van der Waals surface area contributed by atoms with E-state index in [9.17, 15) is 0 Å². The molecule has 0 heterocycles. The van der Waals surface area contributed by atoms with Crippen molar-refractivity contribution >= 4 is 11.6 Å². The van der Waals surface area contributed by atoms with Crippen LogP contribution in [-0.2, 0) is 4.74 Å². The van der Waals surface area contributed by atoms with Crippen LogP contribution >= 0.6 is 11.6 Å². The van der Waals surface area contributed by atoms with Crippen molar-refractivity contribution < 1.29 is 9.47 Å². The zero-order chi connectivity index (χ0) is 15.3. The molecule has 0 saturated heterocycles. The average molecular weight is 312 g/mol. The number of benzene rings is 1. The van der Waals surface area contributed by atoms with E-state index >= 15 is 0 Å². The summed E-state index contributed by atoms with van der Waals surface area (Å²) < 4.78 is 11.6. The third-order valence-electron chi connectivity index (χ3n) is 4.45. The molecule has 1 aliphatic rings. The summed E-state index contributed by atoms with van der Waals surface area (Å²) in [5.74, 6) is 0.719. The Morgan fingerprint density at radius 3 is 2.57 bits per heavy atom. The van der Waals surface area contributed by atoms with E-state index in [1.807, 2.05) is 19.2 Å². The topological polar surface area (TPSA) is 30.5 Å². The van der Waals surface area contributed by atoms with E-state index in [4.69, 9.17) is 21.1 Å². The predicted molar refractivity (Wildman–Crippen MR) is 87.2 cm³/mol. The van der Waals surface area contributed by atoms with Gasteiger partial charge in [0, 0.05) is 6.61 Å². The molecular formula is C17H26ClNO2. The van der Waals surface area contributed by atoms with Gasteiger partial charge < -0.3 is 14.8 Å². The Labute approximate surface area is 133 Å². The third-order valence-corrected chi connectivity index (χ3v) is 4.77. The number of nitrogens with one attached hydrogen (secondary N) is 1. The molecule has 1 unspecified atom stereocenters. The quantitative estimate of drug-likeness (QED) is 0.847. The number of rotatable bonds is 6. The summed E-state index contributed by atoms with van der Waals surface area (Å²) in [6, 6.07) is 6.16. The van der Waals surface area contributed by atoms with Gasteiger partial charge in [0.25, 0.3) is 0 Å². The highest BCUT2D eigenvalue weighted by Gasteiger charge is 2.40. The van der Waals surface area contributed by atoms with Crippen LogP contribution in [0.4, 0.5) is 0 Å². The molecule has 0 bridgehead atoms. The van der Waals surface area contributed by atoms with Crippen LogP contribution in [0.2, 0.25) is 5.02 Å². The SMILES string of the molecule is CCOC1(C(NC)c2ccc(Cl)c(OC)c2)CCCCC1. The second kappa shape index (κ2) is 7.48. The summed E-state index contributed by atoms with van der Waals surface area (Å²) >= 11 is 6.15. The molecule has 2 rings (SSSR count). The first-order chi connectivity index (χ1) is 10.2. The van der Waals surface area contributed by atoms with Crippen LogP contribution in [0.25, 0.3) is 0 Å². The Morgan fingerprint density at radius 1 is 1.29 bits per heavy atom. The fraction of sp³-hybridized carbons (Fsp3) is 0.647. The maximum absolute atomic E-state index is 6.25. The molecule has 0 radical (unpaired) electrons. The molecule has 4 heteroatoms. The monoisotopic (exact) mass is 311 g/mol. The Morgan fingerprint density at radius 2 is 2.00 bits per heavy atom. The molecule has 21 heavy (non-hydrogen) atoms. The number of hydrogen-bond donors (Lipinski definition) is 1. The summed E-state index contributed by atoms with van der Waals surface area (Å²) in [4.78, 5) is 0. The first kappa shape index (κ1) is 16.6. The molecule has 0 amide bonds. The van der Waals surface area contributed by atoms with Gasteiger partial charge >= 0.3 is 0 Å². The number of likely N-dealkylation sites (N-methyl/N-ethyl adjacent to an activating group) is 1. The van der Waals surface area contributed by atoms with Gasteiger partial charge in [-0.2, -0.15) is 0 Å². The highest BCUT2D eigenvalue weighted by Crippen LogP contribution is 2.42. The average Bonchev–Trinajstić information content (AvgIpc) is 2.50. The number of methoxy groups -OCH3 is 1. The van der Waals surface area contributed by atoms with Crippen molar-refractivity contribution in [3.8, 4) is 5.75 Å². The minimum absolute atomic E-state index is 0.124. The lowest BCUT2D eigenvalue weighted by Gasteiger charge is -2.43. The minimum Gasteiger partial charge on any atom is -0.495 e. The summed E-state index contributed by atoms with van der Waals surface area (Å²) in [7, 11) is 3.65. The Hall–Kier alpha value is -0.770. The van der Waals surface area contributed by atoms with Crippen LogP contribution in [0.3, 0.4) is 0 Å². The van der Waals surface area contributed by atoms with Crippen LogP contribution in [0.15, 0.2) is 18.2 Å². The van der Waals surface area contributed by atoms with Gasteiger partial charge in [-0.3, -0.25) is 0 Å². The molecule has 1 atom stereocenters. The van der Waals surface area contributed by atoms with E-state index in [0.717, 1.165) is 25.2 Å². The van der Waals surface area contributed by atoms with Crippen LogP contribution in [0, 0.1) is 0 Å². The second-order valence-electron chi connectivity index (χ2n) is 5.67. The molecule has 1 aliphatic carbocycles. The fourth-order valence-corrected chi connectivity index (χ4v) is 3.74. The van der Waals surface area contributed by atoms with E-state index in [1.54, 1.807) is 7.11 Å². The highest BCUT2D eigenvalue weighted by atomic mass is 35.5. The lowest BCUT2D eigenvalue weighted by molar-refractivity contribution is -0.0898. The van der Waals surface area contributed by atoms with Gasteiger partial charge in [0.1, 0.15) is 5.75 Å². The number of halogens is 1. The zero-order valence-corrected chi connectivity index (χ0v) is 14.0. The van der Waals surface area contributed by atoms with Crippen LogP contribution in [0.1, 0.15) is 50.6 Å². The van der Waals surface area contributed by atoms with E-state index < -0.39 is 0 Å². The Balaban J connectivity index is 2.35. The van der Waals surface area contributed by atoms with Crippen molar-refractivity contribution in [3.05, 3.63) is 28.8 Å². The van der Waals surface area contributed by atoms with Gasteiger partial charge in [0.2, 0.25) is 0 Å². The molecule has 1 saturated carbocycles. The second-order valence-corrected chi connectivity index (χ2v) is 6.08. The van der Waals surface area contributed by atoms with Crippen LogP contribution < -0.4 is 10.1 Å². The van der Waals surface area contributed by atoms with Crippen LogP contribution in [-0.4, -0.2) is 26.4 Å². The first-order valence-corrected chi connectivity index (χ1v) is 8.19. The van der Waals surface area contributed by atoms with Crippen molar-refractivity contribution in [2.75, 3.05) is 20.8 Å². The Bertz CT molecular complexity index is 453. The van der Waals surface area contributed by atoms with Crippen molar-refractivity contribution in [1.29, 1.82) is 0 Å². The van der Waals surface area contributed by atoms with Crippen molar-refractivity contribution in [2.45, 2.75) is 50.7 Å². The maximum Gasteiger partial charge on any atom is 0.137 e. The summed E-state index contributed by atoms with van der Waals surface area (Å²) in [6.07, 6.45) is 5.94. The molecule has 118 valence electrons. The van der Waals surface area contributed by atoms with E-state index in [0.29, 0.717) is 5.02 Å². The molecule has 0 aromatic heterocycles. The first-order valence-electron chi connectivity index (χ1n) is 7.81. The molecule has 0 aliphatic heterocycles. The van der Waals surface area contributed by atoms with Crippen LogP contribution in [0.5, 0.6) is 5.75 Å². The van der Waals surface area contributed by atoms with Gasteiger partial charge in [-0.25, -0.2) is 0 Å². The van der Waals surface area contributed by atoms with Gasteiger partial charge in [-0.15, -0.1) is 0 Å². The molecule has 0 spiro atoms. The molecule has 3 nitrogen and oxygen atoms in total. The molecule has 1 N–H and O–H groups in total. The minimum atomic E-state index is -0.124. The van der Waals surface area contributed by atoms with Gasteiger partial charge in [0.05, 0.1) is 23.8 Å². The predicted octanol–water partition coefficient (Wildman–Crippen LogP) is 4.35. The van der Waals surface area contributed by atoms with Crippen molar-refractivity contribution in [1.82, 2.24) is 5.32 Å². The fourth-order valence-electron chi connectivity index (χ4n) is 3.54. The van der Waals surface area contributed by atoms with Gasteiger partial charge in [0.15, 0.2) is 0 Å². The number of ether oxygens (including phenoxy) is 2. The van der Waals surface area contributed by atoms with Crippen molar-refractivity contribution in [3.63, 3.8) is 0 Å². The lowest BCUT2D eigenvalue weighted by atomic mass is 9.76. The van der Waals surface area contributed by atoms with E-state index in [-0.39, 0.29) is 11.6 Å². The summed E-state index contributed by atoms with van der Waals surface area (Å²) in [6.45, 7) is 2.81. The van der Waals surface area contributed by atoms with Crippen molar-refractivity contribution in [2.24, 2.45) is 0 Å². The largest absolute Gasteiger partial charge is 0.495 e. The molecular weight excluding hydrogens is 286 g/mol. The maximum atomic E-state index is 6.25. The van der Waals surface area contributed by atoms with Gasteiger partial charge in [-0.05, 0) is 44.5 Å². The lowest BCUT2D eigenvalue weighted by Crippen LogP contribution is -2.46. The van der Waals surface area contributed by atoms with E-state index in [2.05, 4.69) is 18.3 Å². The van der Waals surface area contributed by atoms with Gasteiger partial charge in [-0.1, -0.05) is 36.9 Å². The molecule has 1 aromatic rings. The molecule has 1 fully saturated rings. The summed E-state index contributed by atoms with van der Waals surface area (Å²) in [5, 5.41) is 4.10. The standard InChI is InChI=1S/C17H26ClNO2/c1-4-21-17(10-6-5-7-11-17)16(19-2)13-8-9-14(18)15(12-13)20-3/h8-9,12,16,19H,4-7,10-11H2,1-3H3.